The molecule has 2 nitrogen and oxygen atoms in total. The van der Waals surface area contributed by atoms with Crippen LogP contribution >= 0.6 is 15.9 Å². The normalized spacial score (nSPS) is 13.0. The van der Waals surface area contributed by atoms with Crippen LogP contribution in [0.15, 0.2) is 320 Å². The van der Waals surface area contributed by atoms with E-state index in [1.54, 1.807) is 0 Å². The van der Waals surface area contributed by atoms with Crippen molar-refractivity contribution < 1.29 is 9.68 Å². The monoisotopic (exact) mass is 1270 g/mol. The molecule has 94 heavy (non-hydrogen) atoms. The summed E-state index contributed by atoms with van der Waals surface area (Å²) in [6.45, 7) is 9.38. The van der Waals surface area contributed by atoms with Crippen molar-refractivity contribution in [3.63, 3.8) is 0 Å². The van der Waals surface area contributed by atoms with Gasteiger partial charge in [0.05, 0.1) is 0 Å². The van der Waals surface area contributed by atoms with Crippen LogP contribution in [0.1, 0.15) is 49.9 Å². The maximum absolute atomic E-state index is 9.32. The van der Waals surface area contributed by atoms with Crippen LogP contribution in [0.3, 0.4) is 0 Å². The van der Waals surface area contributed by atoms with E-state index >= 15 is 0 Å². The molecule has 16 aromatic rings. The Morgan fingerprint density at radius 2 is 0.564 bits per heavy atom. The van der Waals surface area contributed by atoms with Gasteiger partial charge in [0.1, 0.15) is 5.75 Å². The number of halogens is 1. The highest BCUT2D eigenvalue weighted by Crippen LogP contribution is 2.55. The summed E-state index contributed by atoms with van der Waals surface area (Å²) in [5, 5.41) is 23.9. The fourth-order valence-corrected chi connectivity index (χ4v) is 15.8. The Hall–Kier alpha value is -10.6. The third kappa shape index (κ3) is 9.91. The topological polar surface area (TPSA) is 29.5 Å². The first kappa shape index (κ1) is 58.5. The molecule has 0 aromatic heterocycles. The summed E-state index contributed by atoms with van der Waals surface area (Å²) in [6.07, 6.45) is 0. The second-order valence-electron chi connectivity index (χ2n) is 25.9. The van der Waals surface area contributed by atoms with Crippen LogP contribution in [-0.2, 0) is 10.8 Å². The van der Waals surface area contributed by atoms with Crippen molar-refractivity contribution in [2.75, 3.05) is 0 Å². The van der Waals surface area contributed by atoms with E-state index < -0.39 is 0 Å². The zero-order valence-electron chi connectivity index (χ0n) is 52.8. The standard InChI is InChI=1S/C45H32.C26H18BO2.C19H15Br/c1-45(2)40-26-25-33(28-39(40)44-34-15-7-6-14-31(34)24-27-41(44)45)43-37-18-10-8-16-35(37)42(36-17-9-11-19-38(36)43)32-22-20-30(21-23-32)29-12-4-3-5-13-29;28-27-29-26-23-12-6-4-10-21(23)25(22-11-5-7-13-24(22)26)20-16-14-19(15-17-20)18-8-2-1-3-9-18;1-19(2)16-10-8-13(20)11-15(16)18-14-6-4-3-5-12(14)7-9-17(18)19/h3-28H,1-2H3;1-17,28H;3-11H,1-2H3. The molecule has 1 N–H and O–H groups in total. The van der Waals surface area contributed by atoms with Gasteiger partial charge in [-0.25, -0.2) is 0 Å². The molecule has 0 amide bonds. The smallest absolute Gasteiger partial charge is 0.537 e. The molecule has 0 spiro atoms. The lowest BCUT2D eigenvalue weighted by Gasteiger charge is -2.22. The van der Waals surface area contributed by atoms with Gasteiger partial charge in [-0.15, -0.1) is 0 Å². The lowest BCUT2D eigenvalue weighted by atomic mass is 9.81. The van der Waals surface area contributed by atoms with Crippen molar-refractivity contribution in [3.05, 3.63) is 342 Å². The highest BCUT2D eigenvalue weighted by Gasteiger charge is 2.38. The van der Waals surface area contributed by atoms with Crippen molar-refractivity contribution in [1.29, 1.82) is 0 Å². The summed E-state index contributed by atoms with van der Waals surface area (Å²) < 4.78 is 6.68. The minimum absolute atomic E-state index is 0.0485. The molecule has 4 heteroatoms. The van der Waals surface area contributed by atoms with Crippen molar-refractivity contribution in [1.82, 2.24) is 0 Å². The van der Waals surface area contributed by atoms with E-state index in [2.05, 4.69) is 317 Å². The Balaban J connectivity index is 0.000000122. The van der Waals surface area contributed by atoms with E-state index in [0.717, 1.165) is 39.3 Å². The fourth-order valence-electron chi connectivity index (χ4n) is 15.4. The van der Waals surface area contributed by atoms with E-state index in [0.29, 0.717) is 5.75 Å². The molecule has 0 heterocycles. The van der Waals surface area contributed by atoms with Gasteiger partial charge in [-0.05, 0) is 172 Å². The van der Waals surface area contributed by atoms with E-state index in [4.69, 9.17) is 4.65 Å². The van der Waals surface area contributed by atoms with Gasteiger partial charge in [0.2, 0.25) is 0 Å². The number of rotatable bonds is 7. The molecule has 0 aliphatic heterocycles. The predicted octanol–water partition coefficient (Wildman–Crippen LogP) is 24.6. The van der Waals surface area contributed by atoms with Crippen molar-refractivity contribution >= 4 is 88.2 Å². The van der Waals surface area contributed by atoms with Crippen LogP contribution in [0, 0.1) is 0 Å². The quantitative estimate of drug-likeness (QED) is 0.127. The first-order valence-corrected chi connectivity index (χ1v) is 33.2. The van der Waals surface area contributed by atoms with Gasteiger partial charge in [0.25, 0.3) is 0 Å². The van der Waals surface area contributed by atoms with Gasteiger partial charge in [0, 0.05) is 26.1 Å². The fraction of sp³-hybridized carbons (Fsp3) is 0.0667. The number of benzene rings is 16. The average molecular weight is 1270 g/mol. The summed E-state index contributed by atoms with van der Waals surface area (Å²) >= 11 is 3.62. The Morgan fingerprint density at radius 1 is 0.266 bits per heavy atom. The van der Waals surface area contributed by atoms with E-state index in [1.165, 1.54) is 138 Å². The molecule has 447 valence electrons. The lowest BCUT2D eigenvalue weighted by molar-refractivity contribution is 0.459. The van der Waals surface area contributed by atoms with Crippen LogP contribution in [-0.4, -0.2) is 12.7 Å². The highest BCUT2D eigenvalue weighted by molar-refractivity contribution is 9.10. The van der Waals surface area contributed by atoms with Gasteiger partial charge in [-0.3, -0.25) is 0 Å². The number of fused-ring (bicyclic) bond motifs is 14. The Morgan fingerprint density at radius 3 is 0.979 bits per heavy atom. The van der Waals surface area contributed by atoms with Crippen LogP contribution in [0.25, 0.3) is 143 Å². The highest BCUT2D eigenvalue weighted by atomic mass is 79.9. The van der Waals surface area contributed by atoms with Crippen LogP contribution in [0.5, 0.6) is 5.75 Å². The molecule has 2 aliphatic carbocycles. The molecule has 0 fully saturated rings. The zero-order valence-corrected chi connectivity index (χ0v) is 54.4. The number of hydrogen-bond donors (Lipinski definition) is 1. The minimum atomic E-state index is -0.0485. The third-order valence-corrected chi connectivity index (χ3v) is 20.4. The first-order valence-electron chi connectivity index (χ1n) is 32.4. The molecule has 18 rings (SSSR count). The van der Waals surface area contributed by atoms with Crippen LogP contribution < -0.4 is 4.65 Å². The van der Waals surface area contributed by atoms with E-state index in [-0.39, 0.29) is 10.8 Å². The molecule has 0 saturated carbocycles. The molecule has 16 aromatic carbocycles. The molecule has 0 unspecified atom stereocenters. The summed E-state index contributed by atoms with van der Waals surface area (Å²) in [4.78, 5) is 0. The summed E-state index contributed by atoms with van der Waals surface area (Å²) in [7, 11) is 0.753. The lowest BCUT2D eigenvalue weighted by Crippen LogP contribution is -2.14. The van der Waals surface area contributed by atoms with Gasteiger partial charge >= 0.3 is 7.69 Å². The Bertz CT molecular complexity index is 5500. The molecule has 0 bridgehead atoms. The Kier molecular flexibility index (Phi) is 14.8. The first-order chi connectivity index (χ1) is 46.0. The molecule has 2 aliphatic rings. The molecular weight excluding hydrogens is 1200 g/mol. The van der Waals surface area contributed by atoms with Gasteiger partial charge < -0.3 is 9.68 Å². The minimum Gasteiger partial charge on any atom is -0.537 e. The van der Waals surface area contributed by atoms with Crippen LogP contribution in [0.2, 0.25) is 0 Å². The predicted molar refractivity (Wildman–Crippen MR) is 403 cm³/mol. The molecular formula is C90H65BBrO2. The average Bonchev–Trinajstić information content (AvgIpc) is 1.47. The van der Waals surface area contributed by atoms with Crippen molar-refractivity contribution in [3.8, 4) is 83.6 Å². The van der Waals surface area contributed by atoms with Gasteiger partial charge in [0.15, 0.2) is 0 Å². The third-order valence-electron chi connectivity index (χ3n) is 19.9. The second kappa shape index (κ2) is 23.8. The van der Waals surface area contributed by atoms with Crippen LogP contribution in [0.4, 0.5) is 0 Å². The summed E-state index contributed by atoms with van der Waals surface area (Å²) in [5.41, 5.74) is 23.5. The maximum atomic E-state index is 9.32. The van der Waals surface area contributed by atoms with Gasteiger partial charge in [-0.2, -0.15) is 0 Å². The molecule has 0 atom stereocenters. The maximum Gasteiger partial charge on any atom is 0.569 e. The molecule has 1 radical (unpaired) electrons. The summed E-state index contributed by atoms with van der Waals surface area (Å²) in [5.74, 6) is 0.670. The second-order valence-corrected chi connectivity index (χ2v) is 26.8. The summed E-state index contributed by atoms with van der Waals surface area (Å²) in [6, 6.07) is 114. The van der Waals surface area contributed by atoms with E-state index in [9.17, 15) is 5.02 Å². The SMILES string of the molecule is CC1(C)c2ccc(-c3c4ccccc4c(-c4ccc(-c5ccccc5)cc4)c4ccccc34)cc2-c2c1ccc1ccccc21.CC1(C)c2ccc(Br)cc2-c2c1ccc1ccccc21.O[B]Oc1c2ccccc2c(-c2ccc(-c3ccccc3)cc2)c2ccccc12. The van der Waals surface area contributed by atoms with Crippen molar-refractivity contribution in [2.45, 2.75) is 38.5 Å². The largest absolute Gasteiger partial charge is 0.569 e. The van der Waals surface area contributed by atoms with Crippen molar-refractivity contribution in [2.24, 2.45) is 0 Å². The zero-order chi connectivity index (χ0) is 63.7. The number of hydrogen-bond acceptors (Lipinski definition) is 2. The van der Waals surface area contributed by atoms with Gasteiger partial charge in [-0.1, -0.05) is 341 Å². The molecule has 0 saturated heterocycles. The van der Waals surface area contributed by atoms with E-state index in [1.807, 2.05) is 42.5 Å². The Labute approximate surface area is 558 Å².